The quantitative estimate of drug-likeness (QED) is 0.184. The maximum absolute atomic E-state index is 13.0. The summed E-state index contributed by atoms with van der Waals surface area (Å²) < 4.78 is 5.97. The number of aromatic hydroxyl groups is 1. The van der Waals surface area contributed by atoms with E-state index in [2.05, 4.69) is 33.1 Å². The van der Waals surface area contributed by atoms with E-state index < -0.39 is 5.97 Å². The van der Waals surface area contributed by atoms with Crippen molar-refractivity contribution in [1.29, 1.82) is 0 Å². The Morgan fingerprint density at radius 3 is 2.58 bits per heavy atom. The zero-order valence-corrected chi connectivity index (χ0v) is 20.2. The third-order valence-electron chi connectivity index (χ3n) is 6.55. The summed E-state index contributed by atoms with van der Waals surface area (Å²) in [5.41, 5.74) is 5.42. The molecule has 0 fully saturated rings. The van der Waals surface area contributed by atoms with Crippen LogP contribution >= 0.6 is 0 Å². The Morgan fingerprint density at radius 1 is 1.21 bits per heavy atom. The van der Waals surface area contributed by atoms with Crippen LogP contribution in [0.1, 0.15) is 85.8 Å². The minimum atomic E-state index is -0.430. The fourth-order valence-corrected chi connectivity index (χ4v) is 4.63. The van der Waals surface area contributed by atoms with E-state index in [-0.39, 0.29) is 17.6 Å². The molecule has 0 amide bonds. The molecule has 1 N–H and O–H groups in total. The average molecular weight is 445 g/mol. The fourth-order valence-electron chi connectivity index (χ4n) is 4.63. The van der Waals surface area contributed by atoms with Gasteiger partial charge in [0.15, 0.2) is 0 Å². The van der Waals surface area contributed by atoms with Crippen molar-refractivity contribution in [2.24, 2.45) is 5.92 Å². The standard InChI is InChI=1S/C30H36O3/c1-6-8-9-10-23-18-27(31)29(26-17-21(5)11-16-25(26)20(3)4)28(19-23)33-30(32)24-14-12-22(7-2)13-15-24/h7,12-15,17-19,25-26,31H,2-3,6,8-11,16H2,1,4-5H3/t25-,26+/m0/s1. The van der Waals surface area contributed by atoms with E-state index in [1.54, 1.807) is 18.2 Å². The molecule has 0 radical (unpaired) electrons. The van der Waals surface area contributed by atoms with Crippen LogP contribution in [-0.4, -0.2) is 11.1 Å². The minimum absolute atomic E-state index is 0.0770. The van der Waals surface area contributed by atoms with Crippen molar-refractivity contribution in [3.8, 4) is 11.5 Å². The first-order valence-electron chi connectivity index (χ1n) is 12.0. The van der Waals surface area contributed by atoms with Crippen LogP contribution in [0.2, 0.25) is 0 Å². The number of ether oxygens (including phenoxy) is 1. The molecule has 0 spiro atoms. The predicted octanol–water partition coefficient (Wildman–Crippen LogP) is 8.00. The van der Waals surface area contributed by atoms with Crippen molar-refractivity contribution in [3.63, 3.8) is 0 Å². The van der Waals surface area contributed by atoms with E-state index >= 15 is 0 Å². The Morgan fingerprint density at radius 2 is 1.94 bits per heavy atom. The maximum Gasteiger partial charge on any atom is 0.343 e. The summed E-state index contributed by atoms with van der Waals surface area (Å²) in [5.74, 6) is 0.319. The number of phenolic OH excluding ortho intramolecular Hbond substituents is 1. The molecule has 0 aliphatic heterocycles. The Hall–Kier alpha value is -3.07. The summed E-state index contributed by atoms with van der Waals surface area (Å²) in [6.45, 7) is 14.3. The first kappa shape index (κ1) is 24.6. The Balaban J connectivity index is 2.03. The zero-order chi connectivity index (χ0) is 24.0. The van der Waals surface area contributed by atoms with Gasteiger partial charge in [-0.2, -0.15) is 0 Å². The smallest absolute Gasteiger partial charge is 0.343 e. The molecule has 33 heavy (non-hydrogen) atoms. The lowest BCUT2D eigenvalue weighted by molar-refractivity contribution is 0.0732. The van der Waals surface area contributed by atoms with E-state index in [0.29, 0.717) is 16.9 Å². The number of carbonyl (C=O) groups is 1. The summed E-state index contributed by atoms with van der Waals surface area (Å²) in [6.07, 6.45) is 10.0. The van der Waals surface area contributed by atoms with Gasteiger partial charge in [0.2, 0.25) is 0 Å². The van der Waals surface area contributed by atoms with Crippen LogP contribution in [0.3, 0.4) is 0 Å². The molecule has 0 unspecified atom stereocenters. The van der Waals surface area contributed by atoms with Gasteiger partial charge >= 0.3 is 5.97 Å². The molecule has 174 valence electrons. The predicted molar refractivity (Wildman–Crippen MR) is 137 cm³/mol. The molecule has 1 aliphatic rings. The van der Waals surface area contributed by atoms with E-state index in [9.17, 15) is 9.90 Å². The molecule has 3 nitrogen and oxygen atoms in total. The van der Waals surface area contributed by atoms with Gasteiger partial charge in [-0.3, -0.25) is 0 Å². The third kappa shape index (κ3) is 6.04. The number of phenols is 1. The first-order chi connectivity index (χ1) is 15.8. The van der Waals surface area contributed by atoms with Gasteiger partial charge in [0.1, 0.15) is 11.5 Å². The van der Waals surface area contributed by atoms with Gasteiger partial charge < -0.3 is 9.84 Å². The van der Waals surface area contributed by atoms with Gasteiger partial charge in [0.05, 0.1) is 5.56 Å². The van der Waals surface area contributed by atoms with Gasteiger partial charge in [-0.15, -0.1) is 0 Å². The lowest BCUT2D eigenvalue weighted by Gasteiger charge is -2.32. The molecule has 3 heteroatoms. The molecule has 3 rings (SSSR count). The van der Waals surface area contributed by atoms with E-state index in [1.165, 1.54) is 5.57 Å². The Labute approximate surface area is 198 Å². The van der Waals surface area contributed by atoms with Crippen molar-refractivity contribution in [3.05, 3.63) is 89.0 Å². The molecule has 2 aromatic carbocycles. The topological polar surface area (TPSA) is 46.5 Å². The lowest BCUT2D eigenvalue weighted by Crippen LogP contribution is -2.19. The number of hydrogen-bond donors (Lipinski definition) is 1. The van der Waals surface area contributed by atoms with Crippen molar-refractivity contribution < 1.29 is 14.6 Å². The molecule has 0 aromatic heterocycles. The van der Waals surface area contributed by atoms with E-state index in [1.807, 2.05) is 31.2 Å². The molecule has 2 atom stereocenters. The van der Waals surface area contributed by atoms with Crippen LogP contribution in [0.15, 0.2) is 66.8 Å². The highest BCUT2D eigenvalue weighted by molar-refractivity contribution is 5.91. The number of allylic oxidation sites excluding steroid dienone is 3. The van der Waals surface area contributed by atoms with Gasteiger partial charge in [-0.05, 0) is 80.8 Å². The van der Waals surface area contributed by atoms with Gasteiger partial charge in [-0.1, -0.05) is 68.4 Å². The molecule has 0 saturated carbocycles. The third-order valence-corrected chi connectivity index (χ3v) is 6.55. The van der Waals surface area contributed by atoms with Crippen LogP contribution in [-0.2, 0) is 6.42 Å². The molecule has 2 aromatic rings. The van der Waals surface area contributed by atoms with Crippen molar-refractivity contribution in [1.82, 2.24) is 0 Å². The molecule has 1 aliphatic carbocycles. The summed E-state index contributed by atoms with van der Waals surface area (Å²) in [7, 11) is 0. The highest BCUT2D eigenvalue weighted by Gasteiger charge is 2.31. The minimum Gasteiger partial charge on any atom is -0.507 e. The molecular weight excluding hydrogens is 408 g/mol. The van der Waals surface area contributed by atoms with Gasteiger partial charge in [0, 0.05) is 11.5 Å². The lowest BCUT2D eigenvalue weighted by atomic mass is 9.73. The van der Waals surface area contributed by atoms with Crippen LogP contribution in [0, 0.1) is 5.92 Å². The number of benzene rings is 2. The monoisotopic (exact) mass is 444 g/mol. The first-order valence-corrected chi connectivity index (χ1v) is 12.0. The van der Waals surface area contributed by atoms with Crippen LogP contribution in [0.25, 0.3) is 6.08 Å². The zero-order valence-electron chi connectivity index (χ0n) is 20.2. The van der Waals surface area contributed by atoms with Crippen LogP contribution < -0.4 is 4.74 Å². The van der Waals surface area contributed by atoms with Crippen LogP contribution in [0.5, 0.6) is 11.5 Å². The van der Waals surface area contributed by atoms with Crippen LogP contribution in [0.4, 0.5) is 0 Å². The second kappa shape index (κ2) is 11.2. The number of rotatable bonds is 9. The summed E-state index contributed by atoms with van der Waals surface area (Å²) in [6, 6.07) is 10.9. The largest absolute Gasteiger partial charge is 0.507 e. The SMILES string of the molecule is C=Cc1ccc(C(=O)Oc2cc(CCCCC)cc(O)c2[C@@H]2C=C(C)CC[C@H]2C(=C)C)cc1. The summed E-state index contributed by atoms with van der Waals surface area (Å²) in [5, 5.41) is 11.2. The highest BCUT2D eigenvalue weighted by Crippen LogP contribution is 2.47. The normalized spacial score (nSPS) is 17.8. The number of carbonyl (C=O) groups excluding carboxylic acids is 1. The summed E-state index contributed by atoms with van der Waals surface area (Å²) >= 11 is 0. The van der Waals surface area contributed by atoms with E-state index in [0.717, 1.165) is 55.2 Å². The number of unbranched alkanes of at least 4 members (excludes halogenated alkanes) is 2. The number of aryl methyl sites for hydroxylation is 1. The van der Waals surface area contributed by atoms with Gasteiger partial charge in [-0.25, -0.2) is 4.79 Å². The molecule has 0 bridgehead atoms. The molecule has 0 saturated heterocycles. The average Bonchev–Trinajstić information content (AvgIpc) is 2.79. The van der Waals surface area contributed by atoms with Crippen molar-refractivity contribution in [2.45, 2.75) is 65.2 Å². The Kier molecular flexibility index (Phi) is 8.32. The Bertz CT molecular complexity index is 1040. The summed E-state index contributed by atoms with van der Waals surface area (Å²) in [4.78, 5) is 13.0. The molecular formula is C30H36O3. The highest BCUT2D eigenvalue weighted by atomic mass is 16.5. The van der Waals surface area contributed by atoms with E-state index in [4.69, 9.17) is 4.74 Å². The van der Waals surface area contributed by atoms with Crippen molar-refractivity contribution in [2.75, 3.05) is 0 Å². The fraction of sp³-hybridized carbons (Fsp3) is 0.367. The molecule has 0 heterocycles. The van der Waals surface area contributed by atoms with Gasteiger partial charge in [0.25, 0.3) is 0 Å². The maximum atomic E-state index is 13.0. The number of hydrogen-bond acceptors (Lipinski definition) is 3. The van der Waals surface area contributed by atoms with Crippen molar-refractivity contribution >= 4 is 12.0 Å². The second-order valence-corrected chi connectivity index (χ2v) is 9.23. The second-order valence-electron chi connectivity index (χ2n) is 9.23. The number of esters is 1.